The number of halogens is 2. The second kappa shape index (κ2) is 14.4. The third-order valence-corrected chi connectivity index (χ3v) is 7.43. The highest BCUT2D eigenvalue weighted by molar-refractivity contribution is 7.92. The summed E-state index contributed by atoms with van der Waals surface area (Å²) in [4.78, 5) is 27.5. The Bertz CT molecular complexity index is 1180. The average molecular weight is 573 g/mol. The van der Waals surface area contributed by atoms with Crippen molar-refractivity contribution in [1.82, 2.24) is 10.2 Å². The van der Waals surface area contributed by atoms with Crippen LogP contribution in [0, 0.1) is 0 Å². The quantitative estimate of drug-likeness (QED) is 0.348. The number of para-hydroxylation sites is 2. The summed E-state index contributed by atoms with van der Waals surface area (Å²) in [7, 11) is -3.64. The predicted molar refractivity (Wildman–Crippen MR) is 149 cm³/mol. The topological polar surface area (TPSA) is 96.0 Å². The van der Waals surface area contributed by atoms with Gasteiger partial charge in [0.2, 0.25) is 21.8 Å². The zero-order valence-corrected chi connectivity index (χ0v) is 24.0. The van der Waals surface area contributed by atoms with Gasteiger partial charge in [-0.15, -0.1) is 0 Å². The molecule has 0 radical (unpaired) electrons. The molecule has 0 spiro atoms. The van der Waals surface area contributed by atoms with Gasteiger partial charge in [0.1, 0.15) is 11.8 Å². The van der Waals surface area contributed by atoms with Crippen LogP contribution in [0.1, 0.15) is 45.6 Å². The SMILES string of the molecule is CCCNC(=O)[C@H](C)N(Cc1ccc(Cl)cc1Cl)C(=O)CCCN(c1ccccc1OCC)S(C)(=O)=O. The van der Waals surface area contributed by atoms with E-state index in [9.17, 15) is 18.0 Å². The first-order valence-electron chi connectivity index (χ1n) is 12.2. The van der Waals surface area contributed by atoms with Gasteiger partial charge in [-0.2, -0.15) is 0 Å². The summed E-state index contributed by atoms with van der Waals surface area (Å²) in [5.41, 5.74) is 1.06. The molecule has 11 heteroatoms. The number of amides is 2. The summed E-state index contributed by atoms with van der Waals surface area (Å²) in [6.45, 7) is 6.48. The lowest BCUT2D eigenvalue weighted by Gasteiger charge is -2.30. The van der Waals surface area contributed by atoms with Crippen molar-refractivity contribution in [3.8, 4) is 5.75 Å². The number of carbonyl (C=O) groups is 2. The third-order valence-electron chi connectivity index (χ3n) is 5.66. The number of carbonyl (C=O) groups excluding carboxylic acids is 2. The standard InChI is InChI=1S/C26H35Cl2N3O5S/c1-5-15-29-26(33)19(3)30(18-20-13-14-21(27)17-22(20)28)25(32)12-9-16-31(37(4,34)35)23-10-7-8-11-24(23)36-6-2/h7-8,10-11,13-14,17,19H,5-6,9,12,15-16,18H2,1-4H3,(H,29,33)/t19-/m0/s1. The highest BCUT2D eigenvalue weighted by atomic mass is 35.5. The molecule has 0 bridgehead atoms. The summed E-state index contributed by atoms with van der Waals surface area (Å²) >= 11 is 12.4. The molecule has 2 aromatic rings. The molecule has 0 aliphatic carbocycles. The summed E-state index contributed by atoms with van der Waals surface area (Å²) in [6, 6.07) is 11.1. The predicted octanol–water partition coefficient (Wildman–Crippen LogP) is 4.88. The van der Waals surface area contributed by atoms with Crippen LogP contribution in [0.3, 0.4) is 0 Å². The van der Waals surface area contributed by atoms with E-state index >= 15 is 0 Å². The molecular weight excluding hydrogens is 537 g/mol. The van der Waals surface area contributed by atoms with E-state index in [-0.39, 0.29) is 37.7 Å². The first kappa shape index (κ1) is 30.7. The smallest absolute Gasteiger partial charge is 0.242 e. The number of sulfonamides is 1. The molecule has 2 rings (SSSR count). The van der Waals surface area contributed by atoms with Gasteiger partial charge < -0.3 is 15.0 Å². The van der Waals surface area contributed by atoms with Gasteiger partial charge in [-0.05, 0) is 56.5 Å². The molecule has 37 heavy (non-hydrogen) atoms. The first-order valence-corrected chi connectivity index (χ1v) is 14.8. The Morgan fingerprint density at radius 1 is 1.11 bits per heavy atom. The largest absolute Gasteiger partial charge is 0.492 e. The van der Waals surface area contributed by atoms with Crippen molar-refractivity contribution in [1.29, 1.82) is 0 Å². The minimum atomic E-state index is -3.64. The molecule has 1 N–H and O–H groups in total. The van der Waals surface area contributed by atoms with Crippen LogP contribution < -0.4 is 14.4 Å². The number of nitrogens with zero attached hydrogens (tertiary/aromatic N) is 2. The van der Waals surface area contributed by atoms with Crippen molar-refractivity contribution in [2.24, 2.45) is 0 Å². The van der Waals surface area contributed by atoms with Crippen LogP contribution in [0.4, 0.5) is 5.69 Å². The van der Waals surface area contributed by atoms with Gasteiger partial charge in [0, 0.05) is 36.1 Å². The zero-order valence-electron chi connectivity index (χ0n) is 21.7. The number of anilines is 1. The Hall–Kier alpha value is -2.49. The fraction of sp³-hybridized carbons (Fsp3) is 0.462. The molecule has 0 aromatic heterocycles. The Kier molecular flexibility index (Phi) is 12.0. The maximum atomic E-state index is 13.4. The van der Waals surface area contributed by atoms with Gasteiger partial charge in [0.05, 0.1) is 18.6 Å². The zero-order chi connectivity index (χ0) is 27.6. The van der Waals surface area contributed by atoms with E-state index in [1.54, 1.807) is 49.4 Å². The second-order valence-corrected chi connectivity index (χ2v) is 11.3. The number of benzene rings is 2. The molecule has 0 saturated heterocycles. The molecule has 0 unspecified atom stereocenters. The van der Waals surface area contributed by atoms with Crippen LogP contribution in [0.25, 0.3) is 0 Å². The summed E-state index contributed by atoms with van der Waals surface area (Å²) in [5.74, 6) is -0.123. The monoisotopic (exact) mass is 571 g/mol. The fourth-order valence-corrected chi connectivity index (χ4v) is 5.17. The normalized spacial score (nSPS) is 12.1. The minimum absolute atomic E-state index is 0.0272. The molecule has 8 nitrogen and oxygen atoms in total. The maximum Gasteiger partial charge on any atom is 0.242 e. The van der Waals surface area contributed by atoms with Crippen LogP contribution in [-0.4, -0.2) is 57.1 Å². The van der Waals surface area contributed by atoms with E-state index in [1.807, 2.05) is 13.8 Å². The number of hydrogen-bond acceptors (Lipinski definition) is 5. The molecule has 204 valence electrons. The van der Waals surface area contributed by atoms with Gasteiger partial charge in [0.15, 0.2) is 0 Å². The highest BCUT2D eigenvalue weighted by Gasteiger charge is 2.27. The van der Waals surface area contributed by atoms with Crippen LogP contribution >= 0.6 is 23.2 Å². The summed E-state index contributed by atoms with van der Waals surface area (Å²) in [6.07, 6.45) is 2.15. The second-order valence-electron chi connectivity index (χ2n) is 8.56. The van der Waals surface area contributed by atoms with E-state index in [1.165, 1.54) is 9.21 Å². The third kappa shape index (κ3) is 9.09. The molecule has 0 heterocycles. The summed E-state index contributed by atoms with van der Waals surface area (Å²) in [5, 5.41) is 3.68. The average Bonchev–Trinajstić information content (AvgIpc) is 2.84. The van der Waals surface area contributed by atoms with E-state index in [2.05, 4.69) is 5.32 Å². The van der Waals surface area contributed by atoms with Crippen molar-refractivity contribution < 1.29 is 22.7 Å². The van der Waals surface area contributed by atoms with Crippen molar-refractivity contribution in [2.45, 2.75) is 52.6 Å². The van der Waals surface area contributed by atoms with Gasteiger partial charge in [-0.25, -0.2) is 8.42 Å². The number of nitrogens with one attached hydrogen (secondary N) is 1. The Balaban J connectivity index is 2.23. The van der Waals surface area contributed by atoms with Crippen molar-refractivity contribution >= 4 is 50.7 Å². The highest BCUT2D eigenvalue weighted by Crippen LogP contribution is 2.30. The van der Waals surface area contributed by atoms with Gasteiger partial charge in [-0.1, -0.05) is 48.3 Å². The van der Waals surface area contributed by atoms with E-state index in [0.29, 0.717) is 40.2 Å². The lowest BCUT2D eigenvalue weighted by atomic mass is 10.1. The summed E-state index contributed by atoms with van der Waals surface area (Å²) < 4.78 is 32.0. The fourth-order valence-electron chi connectivity index (χ4n) is 3.74. The lowest BCUT2D eigenvalue weighted by Crippen LogP contribution is -2.48. The first-order chi connectivity index (χ1) is 17.5. The Labute approximate surface area is 229 Å². The van der Waals surface area contributed by atoms with E-state index < -0.39 is 16.1 Å². The molecule has 0 fully saturated rings. The maximum absolute atomic E-state index is 13.4. The molecule has 0 saturated carbocycles. The molecule has 0 aliphatic heterocycles. The Morgan fingerprint density at radius 2 is 1.81 bits per heavy atom. The molecule has 0 aliphatic rings. The minimum Gasteiger partial charge on any atom is -0.492 e. The Morgan fingerprint density at radius 3 is 2.43 bits per heavy atom. The molecular formula is C26H35Cl2N3O5S. The number of hydrogen-bond donors (Lipinski definition) is 1. The lowest BCUT2D eigenvalue weighted by molar-refractivity contribution is -0.140. The van der Waals surface area contributed by atoms with Gasteiger partial charge in [0.25, 0.3) is 0 Å². The molecule has 2 aromatic carbocycles. The van der Waals surface area contributed by atoms with Gasteiger partial charge in [-0.3, -0.25) is 13.9 Å². The van der Waals surface area contributed by atoms with Crippen molar-refractivity contribution in [3.05, 3.63) is 58.1 Å². The molecule has 2 amide bonds. The van der Waals surface area contributed by atoms with Crippen molar-refractivity contribution in [2.75, 3.05) is 30.3 Å². The number of rotatable bonds is 14. The molecule has 1 atom stereocenters. The van der Waals surface area contributed by atoms with Crippen LogP contribution in [0.5, 0.6) is 5.75 Å². The van der Waals surface area contributed by atoms with Crippen molar-refractivity contribution in [3.63, 3.8) is 0 Å². The van der Waals surface area contributed by atoms with Gasteiger partial charge >= 0.3 is 0 Å². The van der Waals surface area contributed by atoms with E-state index in [0.717, 1.165) is 12.7 Å². The van der Waals surface area contributed by atoms with Crippen LogP contribution in [0.15, 0.2) is 42.5 Å². The van der Waals surface area contributed by atoms with Crippen LogP contribution in [-0.2, 0) is 26.2 Å². The number of ether oxygens (including phenoxy) is 1. The van der Waals surface area contributed by atoms with E-state index in [4.69, 9.17) is 27.9 Å². The van der Waals surface area contributed by atoms with Crippen LogP contribution in [0.2, 0.25) is 10.0 Å².